The molecule has 100 valence electrons. The first-order valence-electron chi connectivity index (χ1n) is 5.35. The number of halogens is 1. The SMILES string of the molecule is Cc1ccc(C2C(Cl)N=C(C#N)N2S(N)(=O)=O)cc1. The summed E-state index contributed by atoms with van der Waals surface area (Å²) >= 11 is 6.03. The minimum Gasteiger partial charge on any atom is -0.236 e. The van der Waals surface area contributed by atoms with Gasteiger partial charge in [0.05, 0.1) is 0 Å². The van der Waals surface area contributed by atoms with Crippen LogP contribution in [0.2, 0.25) is 0 Å². The Hall–Kier alpha value is -1.62. The summed E-state index contributed by atoms with van der Waals surface area (Å²) in [4.78, 5) is 3.82. The van der Waals surface area contributed by atoms with E-state index >= 15 is 0 Å². The number of benzene rings is 1. The van der Waals surface area contributed by atoms with Crippen molar-refractivity contribution in [3.8, 4) is 6.07 Å². The van der Waals surface area contributed by atoms with Gasteiger partial charge in [-0.1, -0.05) is 41.4 Å². The van der Waals surface area contributed by atoms with Gasteiger partial charge in [-0.3, -0.25) is 0 Å². The Morgan fingerprint density at radius 2 is 2.00 bits per heavy atom. The molecular weight excluding hydrogens is 288 g/mol. The van der Waals surface area contributed by atoms with E-state index in [-0.39, 0.29) is 5.84 Å². The third-order valence-corrected chi connectivity index (χ3v) is 4.05. The average Bonchev–Trinajstić information content (AvgIpc) is 2.67. The molecule has 1 aromatic rings. The molecule has 0 aliphatic carbocycles. The van der Waals surface area contributed by atoms with E-state index in [2.05, 4.69) is 4.99 Å². The summed E-state index contributed by atoms with van der Waals surface area (Å²) in [5.41, 5.74) is 0.778. The Bertz CT molecular complexity index is 663. The summed E-state index contributed by atoms with van der Waals surface area (Å²) in [6.45, 7) is 1.91. The van der Waals surface area contributed by atoms with E-state index in [1.54, 1.807) is 18.2 Å². The van der Waals surface area contributed by atoms with Gasteiger partial charge in [-0.25, -0.2) is 14.4 Å². The van der Waals surface area contributed by atoms with Gasteiger partial charge in [0, 0.05) is 0 Å². The van der Waals surface area contributed by atoms with Gasteiger partial charge in [0.15, 0.2) is 5.50 Å². The summed E-state index contributed by atoms with van der Waals surface area (Å²) < 4.78 is 24.0. The van der Waals surface area contributed by atoms with Gasteiger partial charge in [-0.2, -0.15) is 13.7 Å². The van der Waals surface area contributed by atoms with E-state index in [1.807, 2.05) is 19.1 Å². The zero-order valence-corrected chi connectivity index (χ0v) is 11.6. The molecular formula is C11H11ClN4O2S. The van der Waals surface area contributed by atoms with Gasteiger partial charge < -0.3 is 0 Å². The molecule has 2 atom stereocenters. The van der Waals surface area contributed by atoms with Crippen molar-refractivity contribution in [3.05, 3.63) is 35.4 Å². The fraction of sp³-hybridized carbons (Fsp3) is 0.273. The van der Waals surface area contributed by atoms with Gasteiger partial charge in [0.1, 0.15) is 12.1 Å². The number of hydrogen-bond acceptors (Lipinski definition) is 4. The van der Waals surface area contributed by atoms with Gasteiger partial charge in [0.2, 0.25) is 5.84 Å². The summed E-state index contributed by atoms with van der Waals surface area (Å²) in [6, 6.07) is 8.02. The van der Waals surface area contributed by atoms with Crippen LogP contribution < -0.4 is 5.14 Å². The lowest BCUT2D eigenvalue weighted by molar-refractivity contribution is 0.458. The second-order valence-corrected chi connectivity index (χ2v) is 6.00. The van der Waals surface area contributed by atoms with Crippen molar-refractivity contribution in [2.75, 3.05) is 0 Å². The van der Waals surface area contributed by atoms with Gasteiger partial charge in [0.25, 0.3) is 0 Å². The fourth-order valence-electron chi connectivity index (χ4n) is 1.90. The summed E-state index contributed by atoms with van der Waals surface area (Å²) in [5, 5.41) is 14.1. The van der Waals surface area contributed by atoms with E-state index in [0.29, 0.717) is 5.56 Å². The van der Waals surface area contributed by atoms with Gasteiger partial charge in [-0.15, -0.1) is 0 Å². The summed E-state index contributed by atoms with van der Waals surface area (Å²) in [7, 11) is -4.11. The highest BCUT2D eigenvalue weighted by Gasteiger charge is 2.42. The molecule has 0 saturated carbocycles. The highest BCUT2D eigenvalue weighted by molar-refractivity contribution is 7.87. The minimum absolute atomic E-state index is 0.298. The molecule has 0 aromatic heterocycles. The maximum atomic E-state index is 11.6. The third-order valence-electron chi connectivity index (χ3n) is 2.76. The Labute approximate surface area is 116 Å². The molecule has 1 aromatic carbocycles. The van der Waals surface area contributed by atoms with Crippen molar-refractivity contribution < 1.29 is 8.42 Å². The number of alkyl halides is 1. The second kappa shape index (κ2) is 4.81. The zero-order chi connectivity index (χ0) is 14.2. The molecule has 2 rings (SSSR count). The topological polar surface area (TPSA) is 99.5 Å². The predicted molar refractivity (Wildman–Crippen MR) is 71.6 cm³/mol. The standard InChI is InChI=1S/C11H11ClN4O2S/c1-7-2-4-8(5-3-7)10-11(12)15-9(6-13)16(10)19(14,17)18/h2-5,10-11H,1H3,(H2,14,17,18). The van der Waals surface area contributed by atoms with Crippen molar-refractivity contribution in [1.82, 2.24) is 4.31 Å². The lowest BCUT2D eigenvalue weighted by Gasteiger charge is -2.24. The van der Waals surface area contributed by atoms with Crippen molar-refractivity contribution in [3.63, 3.8) is 0 Å². The lowest BCUT2D eigenvalue weighted by Crippen LogP contribution is -2.41. The Kier molecular flexibility index (Phi) is 3.49. The Morgan fingerprint density at radius 3 is 2.47 bits per heavy atom. The molecule has 1 heterocycles. The van der Waals surface area contributed by atoms with Crippen LogP contribution in [0.3, 0.4) is 0 Å². The van der Waals surface area contributed by atoms with E-state index in [1.165, 1.54) is 0 Å². The van der Waals surface area contributed by atoms with Crippen molar-refractivity contribution >= 4 is 27.6 Å². The van der Waals surface area contributed by atoms with Crippen molar-refractivity contribution in [1.29, 1.82) is 5.26 Å². The zero-order valence-electron chi connectivity index (χ0n) is 9.99. The maximum Gasteiger partial charge on any atom is 0.301 e. The minimum atomic E-state index is -4.11. The molecule has 6 nitrogen and oxygen atoms in total. The van der Waals surface area contributed by atoms with Crippen LogP contribution in [-0.2, 0) is 10.2 Å². The quantitative estimate of drug-likeness (QED) is 0.652. The highest BCUT2D eigenvalue weighted by Crippen LogP contribution is 2.35. The molecule has 2 N–H and O–H groups in total. The molecule has 8 heteroatoms. The first kappa shape index (κ1) is 13.8. The fourth-order valence-corrected chi connectivity index (χ4v) is 3.20. The van der Waals surface area contributed by atoms with Crippen LogP contribution in [0.15, 0.2) is 29.3 Å². The molecule has 0 amide bonds. The number of nitrogens with two attached hydrogens (primary N) is 1. The molecule has 0 fully saturated rings. The number of amidine groups is 1. The third kappa shape index (κ3) is 2.56. The number of rotatable bonds is 2. The van der Waals surface area contributed by atoms with Crippen LogP contribution >= 0.6 is 11.6 Å². The van der Waals surface area contributed by atoms with Crippen LogP contribution in [0.5, 0.6) is 0 Å². The van der Waals surface area contributed by atoms with Crippen LogP contribution in [0.25, 0.3) is 0 Å². The van der Waals surface area contributed by atoms with Crippen LogP contribution in [-0.4, -0.2) is 24.1 Å². The molecule has 0 radical (unpaired) electrons. The molecule has 0 saturated heterocycles. The van der Waals surface area contributed by atoms with Crippen LogP contribution in [0, 0.1) is 18.3 Å². The Morgan fingerprint density at radius 1 is 1.42 bits per heavy atom. The average molecular weight is 299 g/mol. The molecule has 19 heavy (non-hydrogen) atoms. The summed E-state index contributed by atoms with van der Waals surface area (Å²) in [5.74, 6) is -0.298. The molecule has 2 unspecified atom stereocenters. The number of nitrogens with zero attached hydrogens (tertiary/aromatic N) is 3. The smallest absolute Gasteiger partial charge is 0.236 e. The van der Waals surface area contributed by atoms with Gasteiger partial charge in [-0.05, 0) is 12.5 Å². The predicted octanol–water partition coefficient (Wildman–Crippen LogP) is 1.04. The van der Waals surface area contributed by atoms with Gasteiger partial charge >= 0.3 is 10.2 Å². The van der Waals surface area contributed by atoms with E-state index in [9.17, 15) is 8.42 Å². The number of aliphatic imine (C=N–C) groups is 1. The van der Waals surface area contributed by atoms with Crippen LogP contribution in [0.1, 0.15) is 17.2 Å². The normalized spacial score (nSPS) is 23.1. The molecule has 1 aliphatic rings. The summed E-state index contributed by atoms with van der Waals surface area (Å²) in [6.07, 6.45) is 0. The Balaban J connectivity index is 2.50. The largest absolute Gasteiger partial charge is 0.301 e. The number of hydrogen-bond donors (Lipinski definition) is 1. The maximum absolute atomic E-state index is 11.6. The van der Waals surface area contributed by atoms with E-state index < -0.39 is 21.8 Å². The van der Waals surface area contributed by atoms with Crippen LogP contribution in [0.4, 0.5) is 0 Å². The first-order valence-corrected chi connectivity index (χ1v) is 7.29. The number of nitriles is 1. The highest BCUT2D eigenvalue weighted by atomic mass is 35.5. The molecule has 0 spiro atoms. The molecule has 1 aliphatic heterocycles. The number of aryl methyl sites for hydroxylation is 1. The van der Waals surface area contributed by atoms with E-state index in [4.69, 9.17) is 22.0 Å². The van der Waals surface area contributed by atoms with E-state index in [0.717, 1.165) is 9.87 Å². The monoisotopic (exact) mass is 298 g/mol. The molecule has 0 bridgehead atoms. The van der Waals surface area contributed by atoms with Crippen molar-refractivity contribution in [2.24, 2.45) is 10.1 Å². The lowest BCUT2D eigenvalue weighted by atomic mass is 10.1. The second-order valence-electron chi connectivity index (χ2n) is 4.13. The van der Waals surface area contributed by atoms with Crippen molar-refractivity contribution in [2.45, 2.75) is 18.5 Å². The first-order chi connectivity index (χ1) is 8.84.